The third-order valence-electron chi connectivity index (χ3n) is 14.0. The van der Waals surface area contributed by atoms with Gasteiger partial charge in [0.15, 0.2) is 0 Å². The fourth-order valence-electron chi connectivity index (χ4n) is 12.2. The van der Waals surface area contributed by atoms with Crippen LogP contribution in [-0.4, -0.2) is 45.6 Å². The van der Waals surface area contributed by atoms with Crippen LogP contribution in [-0.2, 0) is 25.3 Å². The molecule has 3 saturated carbocycles. The van der Waals surface area contributed by atoms with E-state index in [1.165, 1.54) is 23.8 Å². The number of benzene rings is 1. The largest absolute Gasteiger partial charge is 0.362 e. The van der Waals surface area contributed by atoms with Gasteiger partial charge in [0.1, 0.15) is 17.9 Å². The van der Waals surface area contributed by atoms with Crippen molar-refractivity contribution in [1.82, 2.24) is 13.9 Å². The minimum Gasteiger partial charge on any atom is -0.362 e. The number of hydrogen-bond donors (Lipinski definition) is 0. The molecule has 9 rings (SSSR count). The Kier molecular flexibility index (Phi) is 6.52. The van der Waals surface area contributed by atoms with Crippen LogP contribution in [0, 0.1) is 34.5 Å². The minimum absolute atomic E-state index is 0.00783. The SMILES string of the molecule is COCO[C@H]1CC[C@]2(C)[C@@]34O[C@@H]3C[C@]3(C)[C@@H]([C@H](C)CCCC(C)C)CC[C@H]3[C@@]43C=C[C@]2(C1)n1c(=O)n(-c2ccccc2)c(=O)n13. The molecule has 0 amide bonds. The molecule has 7 aliphatic rings. The quantitative estimate of drug-likeness (QED) is 0.196. The molecule has 1 aromatic carbocycles. The van der Waals surface area contributed by atoms with Gasteiger partial charge in [-0.15, -0.1) is 0 Å². The Bertz CT molecular complexity index is 1640. The van der Waals surface area contributed by atoms with E-state index < -0.39 is 16.7 Å². The van der Waals surface area contributed by atoms with Crippen molar-refractivity contribution < 1.29 is 14.2 Å². The van der Waals surface area contributed by atoms with E-state index in [0.29, 0.717) is 23.9 Å². The molecule has 1 aromatic heterocycles. The van der Waals surface area contributed by atoms with E-state index in [4.69, 9.17) is 14.2 Å². The molecular formula is C37H51N3O5. The minimum atomic E-state index is -0.744. The molecule has 4 heterocycles. The lowest BCUT2D eigenvalue weighted by molar-refractivity contribution is -0.206. The summed E-state index contributed by atoms with van der Waals surface area (Å²) in [6.07, 6.45) is 14.0. The maximum absolute atomic E-state index is 14.9. The molecule has 1 saturated heterocycles. The Labute approximate surface area is 266 Å². The van der Waals surface area contributed by atoms with Crippen molar-refractivity contribution in [2.24, 2.45) is 34.5 Å². The molecule has 0 unspecified atom stereocenters. The van der Waals surface area contributed by atoms with Crippen LogP contribution in [0.5, 0.6) is 0 Å². The molecule has 244 valence electrons. The third kappa shape index (κ3) is 3.44. The molecule has 4 fully saturated rings. The van der Waals surface area contributed by atoms with Gasteiger partial charge in [-0.3, -0.25) is 0 Å². The number of allylic oxidation sites excluding steroid dienone is 1. The number of ether oxygens (including phenoxy) is 3. The topological polar surface area (TPSA) is 79.9 Å². The van der Waals surface area contributed by atoms with Gasteiger partial charge in [-0.25, -0.2) is 23.5 Å². The number of fused-ring (bicyclic) bond motifs is 1. The summed E-state index contributed by atoms with van der Waals surface area (Å²) in [5.41, 5.74) is -2.24. The van der Waals surface area contributed by atoms with Crippen molar-refractivity contribution in [3.63, 3.8) is 0 Å². The molecule has 3 aliphatic heterocycles. The van der Waals surface area contributed by atoms with Crippen LogP contribution < -0.4 is 11.4 Å². The second-order valence-corrected chi connectivity index (χ2v) is 16.3. The van der Waals surface area contributed by atoms with Gasteiger partial charge in [0.25, 0.3) is 0 Å². The molecule has 10 atom stereocenters. The van der Waals surface area contributed by atoms with Gasteiger partial charge < -0.3 is 14.2 Å². The van der Waals surface area contributed by atoms with E-state index in [2.05, 4.69) is 46.8 Å². The van der Waals surface area contributed by atoms with Crippen molar-refractivity contribution in [1.29, 1.82) is 0 Å². The lowest BCUT2D eigenvalue weighted by Crippen LogP contribution is -2.81. The highest BCUT2D eigenvalue weighted by molar-refractivity contribution is 5.47. The van der Waals surface area contributed by atoms with E-state index in [9.17, 15) is 9.59 Å². The predicted octanol–water partition coefficient (Wildman–Crippen LogP) is 5.99. The fraction of sp³-hybridized carbons (Fsp3) is 0.730. The fourth-order valence-corrected chi connectivity index (χ4v) is 12.2. The second kappa shape index (κ2) is 9.80. The number of rotatable bonds is 9. The van der Waals surface area contributed by atoms with Gasteiger partial charge in [-0.2, -0.15) is 0 Å². The first-order valence-electron chi connectivity index (χ1n) is 17.5. The zero-order chi connectivity index (χ0) is 31.6. The molecule has 0 N–H and O–H groups in total. The van der Waals surface area contributed by atoms with Crippen molar-refractivity contribution in [2.45, 2.75) is 121 Å². The number of aromatic nitrogens is 3. The first kappa shape index (κ1) is 29.9. The van der Waals surface area contributed by atoms with Crippen molar-refractivity contribution in [3.05, 3.63) is 63.5 Å². The highest BCUT2D eigenvalue weighted by Gasteiger charge is 2.91. The third-order valence-corrected chi connectivity index (χ3v) is 14.0. The van der Waals surface area contributed by atoms with E-state index in [1.807, 2.05) is 39.7 Å². The number of para-hydroxylation sites is 1. The standard InChI is InChI=1S/C37H51N3O5/c1-24(2)11-10-12-25(3)28-15-16-29-33(28,4)22-30-37(45-30)34(5)18-17-27(44-23-43-6)21-35(34)19-20-36(29,37)40-32(42)38(31(41)39(35)40)26-13-8-7-9-14-26/h7-9,13-14,19-20,24-25,27-30H,10-12,15-18,21-23H2,1-6H3/t25-,27+,28-,29-,30-,33-,34+,35-,36+,37+/m1/s1. The van der Waals surface area contributed by atoms with Crippen LogP contribution in [0.3, 0.4) is 0 Å². The highest BCUT2D eigenvalue weighted by Crippen LogP contribution is 2.82. The normalized spacial score (nSPS) is 42.6. The zero-order valence-electron chi connectivity index (χ0n) is 28.0. The molecular weight excluding hydrogens is 566 g/mol. The van der Waals surface area contributed by atoms with Crippen molar-refractivity contribution in [3.8, 4) is 5.69 Å². The Morgan fingerprint density at radius 2 is 1.71 bits per heavy atom. The summed E-state index contributed by atoms with van der Waals surface area (Å²) in [5.74, 6) is 2.09. The summed E-state index contributed by atoms with van der Waals surface area (Å²) in [5, 5.41) is 0. The molecule has 4 aliphatic carbocycles. The van der Waals surface area contributed by atoms with E-state index >= 15 is 0 Å². The van der Waals surface area contributed by atoms with Gasteiger partial charge in [-0.1, -0.05) is 84.2 Å². The van der Waals surface area contributed by atoms with Gasteiger partial charge >= 0.3 is 11.4 Å². The average molecular weight is 618 g/mol. The highest BCUT2D eigenvalue weighted by atomic mass is 16.7. The summed E-state index contributed by atoms with van der Waals surface area (Å²) >= 11 is 0. The molecule has 8 heteroatoms. The average Bonchev–Trinajstić information content (AvgIpc) is 3.53. The van der Waals surface area contributed by atoms with Gasteiger partial charge in [0.05, 0.1) is 23.4 Å². The van der Waals surface area contributed by atoms with Crippen LogP contribution in [0.1, 0.15) is 92.4 Å². The van der Waals surface area contributed by atoms with E-state index in [-0.39, 0.29) is 47.1 Å². The Balaban J connectivity index is 1.33. The Morgan fingerprint density at radius 3 is 2.44 bits per heavy atom. The first-order chi connectivity index (χ1) is 21.5. The summed E-state index contributed by atoms with van der Waals surface area (Å²) < 4.78 is 23.9. The van der Waals surface area contributed by atoms with E-state index in [0.717, 1.165) is 38.0 Å². The molecule has 2 aromatic rings. The van der Waals surface area contributed by atoms with E-state index in [1.54, 1.807) is 7.11 Å². The van der Waals surface area contributed by atoms with Crippen molar-refractivity contribution in [2.75, 3.05) is 13.9 Å². The number of methoxy groups -OCH3 is 1. The number of nitrogens with zero attached hydrogens (tertiary/aromatic N) is 3. The molecule has 8 nitrogen and oxygen atoms in total. The summed E-state index contributed by atoms with van der Waals surface area (Å²) in [6.45, 7) is 12.2. The maximum atomic E-state index is 14.9. The van der Waals surface area contributed by atoms with Gasteiger partial charge in [-0.05, 0) is 73.3 Å². The number of epoxide rings is 1. The van der Waals surface area contributed by atoms with Crippen LogP contribution >= 0.6 is 0 Å². The Hall–Kier alpha value is -2.42. The molecule has 45 heavy (non-hydrogen) atoms. The predicted molar refractivity (Wildman–Crippen MR) is 172 cm³/mol. The van der Waals surface area contributed by atoms with Crippen LogP contribution in [0.25, 0.3) is 5.69 Å². The van der Waals surface area contributed by atoms with Gasteiger partial charge in [0, 0.05) is 18.9 Å². The number of hydrogen-bond acceptors (Lipinski definition) is 5. The maximum Gasteiger partial charge on any atom is 0.352 e. The molecule has 2 bridgehead atoms. The Morgan fingerprint density at radius 1 is 0.956 bits per heavy atom. The molecule has 0 radical (unpaired) electrons. The second-order valence-electron chi connectivity index (χ2n) is 16.3. The smallest absolute Gasteiger partial charge is 0.352 e. The first-order valence-corrected chi connectivity index (χ1v) is 17.5. The summed E-state index contributed by atoms with van der Waals surface area (Å²) in [4.78, 5) is 29.8. The lowest BCUT2D eigenvalue weighted by Gasteiger charge is -2.70. The van der Waals surface area contributed by atoms with Gasteiger partial charge in [0.2, 0.25) is 0 Å². The monoisotopic (exact) mass is 617 g/mol. The van der Waals surface area contributed by atoms with Crippen LogP contribution in [0.4, 0.5) is 0 Å². The van der Waals surface area contributed by atoms with Crippen molar-refractivity contribution >= 4 is 0 Å². The zero-order valence-corrected chi connectivity index (χ0v) is 28.0. The summed E-state index contributed by atoms with van der Waals surface area (Å²) in [7, 11) is 1.64. The summed E-state index contributed by atoms with van der Waals surface area (Å²) in [6, 6.07) is 9.45. The molecule has 3 spiro atoms. The van der Waals surface area contributed by atoms with Crippen LogP contribution in [0.2, 0.25) is 0 Å². The lowest BCUT2D eigenvalue weighted by atomic mass is 9.40. The van der Waals surface area contributed by atoms with Crippen LogP contribution in [0.15, 0.2) is 52.1 Å².